The molecule has 1 saturated carbocycles. The van der Waals surface area contributed by atoms with Crippen molar-refractivity contribution < 1.29 is 20.1 Å². The lowest BCUT2D eigenvalue weighted by Gasteiger charge is -2.17. The Morgan fingerprint density at radius 3 is 2.83 bits per heavy atom. The number of ether oxygens (including phenoxy) is 1. The summed E-state index contributed by atoms with van der Waals surface area (Å²) in [4.78, 5) is 24.8. The first-order valence-electron chi connectivity index (χ1n) is 5.54. The molecular weight excluding hydrogens is 244 g/mol. The minimum atomic E-state index is -1.27. The number of aliphatic hydroxyl groups excluding tert-OH is 3. The Morgan fingerprint density at radius 2 is 2.17 bits per heavy atom. The molecule has 2 aliphatic rings. The molecule has 0 saturated heterocycles. The maximum absolute atomic E-state index is 11.6. The van der Waals surface area contributed by atoms with Gasteiger partial charge in [0.05, 0.1) is 30.7 Å². The number of fused-ring (bicyclic) bond motifs is 3. The molecule has 2 heterocycles. The van der Waals surface area contributed by atoms with Gasteiger partial charge in [-0.15, -0.1) is 0 Å². The van der Waals surface area contributed by atoms with E-state index in [4.69, 9.17) is 9.84 Å². The second-order valence-electron chi connectivity index (χ2n) is 4.54. The molecule has 0 spiro atoms. The Balaban J connectivity index is 1.91. The summed E-state index contributed by atoms with van der Waals surface area (Å²) < 4.78 is 6.62. The zero-order valence-electron chi connectivity index (χ0n) is 9.18. The Labute approximate surface area is 100 Å². The van der Waals surface area contributed by atoms with Gasteiger partial charge in [-0.3, -0.25) is 14.3 Å². The van der Waals surface area contributed by atoms with Crippen LogP contribution in [0.15, 0.2) is 15.7 Å². The first-order valence-corrected chi connectivity index (χ1v) is 5.54. The van der Waals surface area contributed by atoms with E-state index in [1.165, 1.54) is 10.6 Å². The number of aliphatic hydroxyl groups is 3. The van der Waals surface area contributed by atoms with Crippen LogP contribution in [0.3, 0.4) is 0 Å². The standard InChI is InChI=1S/C10H12N2O6/c13-2-3(14)8(16)6-7-9(6)18-5-1-4(15)11-10(17)12(5)7/h1,3,6-9,13-14,16H,2H2,(H,11,15,17)/t3-,6?,7+,8?,9?/m1/s1. The largest absolute Gasteiger partial charge is 0.473 e. The molecule has 4 N–H and O–H groups in total. The fourth-order valence-electron chi connectivity index (χ4n) is 2.51. The highest BCUT2D eigenvalue weighted by atomic mass is 16.5. The molecule has 5 atom stereocenters. The van der Waals surface area contributed by atoms with E-state index in [0.717, 1.165) is 0 Å². The highest BCUT2D eigenvalue weighted by molar-refractivity contribution is 5.25. The van der Waals surface area contributed by atoms with Crippen LogP contribution < -0.4 is 16.0 Å². The van der Waals surface area contributed by atoms with Crippen LogP contribution in [0.1, 0.15) is 6.04 Å². The topological polar surface area (TPSA) is 125 Å². The number of H-pyrrole nitrogens is 1. The van der Waals surface area contributed by atoms with Crippen molar-refractivity contribution in [3.05, 3.63) is 26.9 Å². The molecule has 0 bridgehead atoms. The molecule has 1 fully saturated rings. The van der Waals surface area contributed by atoms with Gasteiger partial charge in [-0.2, -0.15) is 0 Å². The molecule has 8 heteroatoms. The second-order valence-corrected chi connectivity index (χ2v) is 4.54. The Bertz CT molecular complexity index is 593. The lowest BCUT2D eigenvalue weighted by molar-refractivity contribution is -0.0331. The number of aromatic nitrogens is 2. The zero-order chi connectivity index (χ0) is 13.0. The van der Waals surface area contributed by atoms with Crippen LogP contribution in [0.5, 0.6) is 5.88 Å². The minimum Gasteiger partial charge on any atom is -0.473 e. The van der Waals surface area contributed by atoms with E-state index in [0.29, 0.717) is 0 Å². The van der Waals surface area contributed by atoms with Gasteiger partial charge in [0.25, 0.3) is 5.56 Å². The fourth-order valence-corrected chi connectivity index (χ4v) is 2.51. The molecule has 1 aromatic rings. The van der Waals surface area contributed by atoms with E-state index in [-0.39, 0.29) is 5.88 Å². The van der Waals surface area contributed by atoms with E-state index in [1.54, 1.807) is 0 Å². The summed E-state index contributed by atoms with van der Waals surface area (Å²) in [6.07, 6.45) is -2.88. The van der Waals surface area contributed by atoms with Crippen molar-refractivity contribution in [3.8, 4) is 5.88 Å². The highest BCUT2D eigenvalue weighted by Gasteiger charge is 2.63. The van der Waals surface area contributed by atoms with E-state index in [2.05, 4.69) is 4.98 Å². The minimum absolute atomic E-state index is 0.167. The molecule has 1 aliphatic heterocycles. The first kappa shape index (κ1) is 11.5. The van der Waals surface area contributed by atoms with Gasteiger partial charge in [-0.25, -0.2) is 4.79 Å². The monoisotopic (exact) mass is 256 g/mol. The molecule has 98 valence electrons. The third-order valence-electron chi connectivity index (χ3n) is 3.44. The van der Waals surface area contributed by atoms with Crippen molar-refractivity contribution >= 4 is 0 Å². The van der Waals surface area contributed by atoms with Crippen molar-refractivity contribution in [2.75, 3.05) is 6.61 Å². The predicted octanol–water partition coefficient (Wildman–Crippen LogP) is -2.82. The van der Waals surface area contributed by atoms with E-state index in [1.807, 2.05) is 0 Å². The lowest BCUT2D eigenvalue weighted by atomic mass is 10.1. The molecule has 0 amide bonds. The zero-order valence-corrected chi connectivity index (χ0v) is 9.18. The Morgan fingerprint density at radius 1 is 1.44 bits per heavy atom. The van der Waals surface area contributed by atoms with Crippen LogP contribution in [0.25, 0.3) is 0 Å². The molecule has 8 nitrogen and oxygen atoms in total. The van der Waals surface area contributed by atoms with Gasteiger partial charge in [-0.1, -0.05) is 0 Å². The van der Waals surface area contributed by atoms with Crippen LogP contribution in [0, 0.1) is 5.92 Å². The third-order valence-corrected chi connectivity index (χ3v) is 3.44. The molecule has 18 heavy (non-hydrogen) atoms. The molecule has 0 aromatic carbocycles. The number of nitrogens with one attached hydrogen (secondary N) is 1. The van der Waals surface area contributed by atoms with Crippen molar-refractivity contribution in [1.82, 2.24) is 9.55 Å². The molecule has 1 aromatic heterocycles. The fraction of sp³-hybridized carbons (Fsp3) is 0.600. The number of hydrogen-bond donors (Lipinski definition) is 4. The van der Waals surface area contributed by atoms with Crippen molar-refractivity contribution in [2.24, 2.45) is 5.92 Å². The van der Waals surface area contributed by atoms with Crippen LogP contribution in [-0.4, -0.2) is 49.8 Å². The SMILES string of the molecule is O=c1cc2n(c(=O)[nH]1)[C@@H]1C(O2)C1C(O)[C@H](O)CO. The van der Waals surface area contributed by atoms with Gasteiger partial charge in [0.15, 0.2) is 0 Å². The normalized spacial score (nSPS) is 31.2. The van der Waals surface area contributed by atoms with Crippen LogP contribution in [0.4, 0.5) is 0 Å². The van der Waals surface area contributed by atoms with E-state index >= 15 is 0 Å². The van der Waals surface area contributed by atoms with Gasteiger partial charge in [0.1, 0.15) is 12.2 Å². The maximum Gasteiger partial charge on any atom is 0.331 e. The predicted molar refractivity (Wildman–Crippen MR) is 57.4 cm³/mol. The summed E-state index contributed by atoms with van der Waals surface area (Å²) >= 11 is 0. The number of aromatic amines is 1. The Kier molecular flexibility index (Phi) is 2.34. The van der Waals surface area contributed by atoms with Crippen LogP contribution >= 0.6 is 0 Å². The van der Waals surface area contributed by atoms with Gasteiger partial charge in [0, 0.05) is 0 Å². The van der Waals surface area contributed by atoms with E-state index < -0.39 is 48.1 Å². The van der Waals surface area contributed by atoms with Crippen LogP contribution in [0.2, 0.25) is 0 Å². The van der Waals surface area contributed by atoms with Crippen molar-refractivity contribution in [2.45, 2.75) is 24.4 Å². The van der Waals surface area contributed by atoms with Crippen molar-refractivity contribution in [1.29, 1.82) is 0 Å². The average molecular weight is 256 g/mol. The van der Waals surface area contributed by atoms with Crippen molar-refractivity contribution in [3.63, 3.8) is 0 Å². The number of hydrogen-bond acceptors (Lipinski definition) is 6. The highest BCUT2D eigenvalue weighted by Crippen LogP contribution is 2.53. The van der Waals surface area contributed by atoms with Gasteiger partial charge in [0.2, 0.25) is 5.88 Å². The first-order chi connectivity index (χ1) is 8.54. The number of nitrogens with zero attached hydrogens (tertiary/aromatic N) is 1. The molecule has 3 rings (SSSR count). The molecule has 0 radical (unpaired) electrons. The van der Waals surface area contributed by atoms with Gasteiger partial charge in [-0.05, 0) is 0 Å². The average Bonchev–Trinajstić information content (AvgIpc) is 2.87. The summed E-state index contributed by atoms with van der Waals surface area (Å²) in [6, 6.07) is 0.764. The lowest BCUT2D eigenvalue weighted by Crippen LogP contribution is -2.35. The second kappa shape index (κ2) is 3.67. The Hall–Kier alpha value is -1.64. The third kappa shape index (κ3) is 1.43. The van der Waals surface area contributed by atoms with Gasteiger partial charge < -0.3 is 20.1 Å². The number of rotatable bonds is 3. The summed E-state index contributed by atoms with van der Waals surface area (Å²) in [5.41, 5.74) is -1.14. The smallest absolute Gasteiger partial charge is 0.331 e. The molecule has 1 aliphatic carbocycles. The quantitative estimate of drug-likeness (QED) is 0.462. The van der Waals surface area contributed by atoms with Crippen LogP contribution in [-0.2, 0) is 0 Å². The molecule has 3 unspecified atom stereocenters. The summed E-state index contributed by atoms with van der Waals surface area (Å²) in [5, 5.41) is 27.9. The summed E-state index contributed by atoms with van der Waals surface area (Å²) in [5.74, 6) is -0.288. The van der Waals surface area contributed by atoms with Gasteiger partial charge >= 0.3 is 5.69 Å². The summed E-state index contributed by atoms with van der Waals surface area (Å²) in [6.45, 7) is -0.565. The van der Waals surface area contributed by atoms with E-state index in [9.17, 15) is 19.8 Å². The maximum atomic E-state index is 11.6. The molecular formula is C10H12N2O6. The summed E-state index contributed by atoms with van der Waals surface area (Å²) in [7, 11) is 0.